The van der Waals surface area contributed by atoms with Gasteiger partial charge in [-0.1, -0.05) is 0 Å². The number of halogens is 3. The number of rotatable bonds is 2. The molecule has 2 heterocycles. The quantitative estimate of drug-likeness (QED) is 0.894. The van der Waals surface area contributed by atoms with Gasteiger partial charge >= 0.3 is 0 Å². The maximum absolute atomic E-state index is 13.8. The molecule has 2 aliphatic rings. The number of carbonyl (C=O) groups excluding carboxylic acids is 1. The van der Waals surface area contributed by atoms with Gasteiger partial charge in [0.05, 0.1) is 12.1 Å². The summed E-state index contributed by atoms with van der Waals surface area (Å²) in [4.78, 5) is 14.3. The molecule has 1 amide bonds. The fourth-order valence-electron chi connectivity index (χ4n) is 3.40. The predicted molar refractivity (Wildman–Crippen MR) is 84.4 cm³/mol. The average Bonchev–Trinajstić information content (AvgIpc) is 2.96. The lowest BCUT2D eigenvalue weighted by atomic mass is 9.92. The van der Waals surface area contributed by atoms with Crippen molar-refractivity contribution in [2.45, 2.75) is 44.4 Å². The van der Waals surface area contributed by atoms with Gasteiger partial charge in [-0.15, -0.1) is 12.4 Å². The summed E-state index contributed by atoms with van der Waals surface area (Å²) in [5, 5.41) is 0. The summed E-state index contributed by atoms with van der Waals surface area (Å²) in [6.07, 6.45) is 1.25. The Labute approximate surface area is 140 Å². The van der Waals surface area contributed by atoms with E-state index in [4.69, 9.17) is 10.5 Å². The third kappa shape index (κ3) is 3.34. The minimum Gasteiger partial charge on any atom is -0.364 e. The maximum atomic E-state index is 13.8. The van der Waals surface area contributed by atoms with Gasteiger partial charge in [0.1, 0.15) is 17.7 Å². The Morgan fingerprint density at radius 1 is 1.39 bits per heavy atom. The number of amides is 1. The SMILES string of the molecule is CC1c2cc(F)cc(F)c2CCN1C(=O)[C@@H]1CC[C@H](CN)O1.Cl. The van der Waals surface area contributed by atoms with Crippen molar-refractivity contribution in [2.24, 2.45) is 5.73 Å². The van der Waals surface area contributed by atoms with Crippen LogP contribution in [0.25, 0.3) is 0 Å². The highest BCUT2D eigenvalue weighted by Gasteiger charge is 2.37. The van der Waals surface area contributed by atoms with Crippen LogP contribution in [0.3, 0.4) is 0 Å². The zero-order valence-corrected chi connectivity index (χ0v) is 13.7. The van der Waals surface area contributed by atoms with E-state index in [1.54, 1.807) is 11.8 Å². The Balaban J connectivity index is 0.00000192. The number of benzene rings is 1. The first kappa shape index (κ1) is 18.1. The predicted octanol–water partition coefficient (Wildman–Crippen LogP) is 2.34. The van der Waals surface area contributed by atoms with Crippen LogP contribution in [0.2, 0.25) is 0 Å². The Kier molecular flexibility index (Phi) is 5.60. The smallest absolute Gasteiger partial charge is 0.252 e. The summed E-state index contributed by atoms with van der Waals surface area (Å²) >= 11 is 0. The Morgan fingerprint density at radius 3 is 2.78 bits per heavy atom. The molecule has 4 nitrogen and oxygen atoms in total. The van der Waals surface area contributed by atoms with Crippen LogP contribution in [0.4, 0.5) is 8.78 Å². The van der Waals surface area contributed by atoms with Crippen LogP contribution in [-0.4, -0.2) is 36.1 Å². The van der Waals surface area contributed by atoms with Crippen molar-refractivity contribution >= 4 is 18.3 Å². The molecule has 1 fully saturated rings. The monoisotopic (exact) mass is 346 g/mol. The van der Waals surface area contributed by atoms with E-state index < -0.39 is 17.7 Å². The van der Waals surface area contributed by atoms with Gasteiger partial charge < -0.3 is 15.4 Å². The van der Waals surface area contributed by atoms with E-state index in [0.717, 1.165) is 12.5 Å². The zero-order chi connectivity index (χ0) is 15.9. The summed E-state index contributed by atoms with van der Waals surface area (Å²) < 4.78 is 33.0. The molecule has 0 aliphatic carbocycles. The summed E-state index contributed by atoms with van der Waals surface area (Å²) in [6, 6.07) is 1.86. The molecule has 1 aromatic carbocycles. The van der Waals surface area contributed by atoms with Gasteiger partial charge in [-0.2, -0.15) is 0 Å². The summed E-state index contributed by atoms with van der Waals surface area (Å²) in [5.41, 5.74) is 6.62. The number of nitrogens with zero attached hydrogens (tertiary/aromatic N) is 1. The second-order valence-electron chi connectivity index (χ2n) is 5.97. The normalized spacial score (nSPS) is 26.6. The Morgan fingerprint density at radius 2 is 2.13 bits per heavy atom. The van der Waals surface area contributed by atoms with Gasteiger partial charge in [-0.05, 0) is 43.4 Å². The highest BCUT2D eigenvalue weighted by molar-refractivity contribution is 5.85. The highest BCUT2D eigenvalue weighted by atomic mass is 35.5. The molecule has 0 bridgehead atoms. The van der Waals surface area contributed by atoms with Gasteiger partial charge in [-0.25, -0.2) is 8.78 Å². The van der Waals surface area contributed by atoms with Crippen LogP contribution >= 0.6 is 12.4 Å². The molecule has 2 aliphatic heterocycles. The Hall–Kier alpha value is -1.24. The fourth-order valence-corrected chi connectivity index (χ4v) is 3.40. The van der Waals surface area contributed by atoms with Crippen molar-refractivity contribution in [3.8, 4) is 0 Å². The van der Waals surface area contributed by atoms with E-state index in [-0.39, 0.29) is 30.5 Å². The fraction of sp³-hybridized carbons (Fsp3) is 0.562. The first-order chi connectivity index (χ1) is 10.5. The molecule has 7 heteroatoms. The molecule has 23 heavy (non-hydrogen) atoms. The maximum Gasteiger partial charge on any atom is 0.252 e. The minimum atomic E-state index is -0.613. The second kappa shape index (κ2) is 7.11. The number of hydrogen-bond acceptors (Lipinski definition) is 3. The number of fused-ring (bicyclic) bond motifs is 1. The lowest BCUT2D eigenvalue weighted by Gasteiger charge is -2.36. The number of hydrogen-bond donors (Lipinski definition) is 1. The van der Waals surface area contributed by atoms with Crippen LogP contribution in [0.15, 0.2) is 12.1 Å². The zero-order valence-electron chi connectivity index (χ0n) is 12.9. The van der Waals surface area contributed by atoms with E-state index in [9.17, 15) is 13.6 Å². The lowest BCUT2D eigenvalue weighted by Crippen LogP contribution is -2.44. The molecule has 1 saturated heterocycles. The molecule has 0 spiro atoms. The van der Waals surface area contributed by atoms with Gasteiger partial charge in [0, 0.05) is 19.2 Å². The molecule has 3 atom stereocenters. The standard InChI is InChI=1S/C16H20F2N2O2.ClH/c1-9-13-6-10(17)7-14(18)12(13)4-5-20(9)16(21)15-3-2-11(8-19)22-15;/h6-7,9,11,15H,2-5,8,19H2,1H3;1H/t9?,11-,15+;/m1./s1. The first-order valence-electron chi connectivity index (χ1n) is 7.65. The molecule has 3 rings (SSSR count). The third-order valence-electron chi connectivity index (χ3n) is 4.64. The largest absolute Gasteiger partial charge is 0.364 e. The first-order valence-corrected chi connectivity index (χ1v) is 7.65. The lowest BCUT2D eigenvalue weighted by molar-refractivity contribution is -0.145. The molecule has 128 valence electrons. The second-order valence-corrected chi connectivity index (χ2v) is 5.97. The van der Waals surface area contributed by atoms with Crippen molar-refractivity contribution in [1.29, 1.82) is 0 Å². The molecular weight excluding hydrogens is 326 g/mol. The number of carbonyl (C=O) groups is 1. The third-order valence-corrected chi connectivity index (χ3v) is 4.64. The van der Waals surface area contributed by atoms with Crippen LogP contribution < -0.4 is 5.73 Å². The van der Waals surface area contributed by atoms with Crippen molar-refractivity contribution in [1.82, 2.24) is 4.90 Å². The molecule has 1 aromatic rings. The molecule has 0 aromatic heterocycles. The van der Waals surface area contributed by atoms with Crippen LogP contribution in [0.5, 0.6) is 0 Å². The van der Waals surface area contributed by atoms with Gasteiger partial charge in [0.25, 0.3) is 5.91 Å². The van der Waals surface area contributed by atoms with E-state index in [1.807, 2.05) is 0 Å². The average molecular weight is 347 g/mol. The topological polar surface area (TPSA) is 55.6 Å². The summed E-state index contributed by atoms with van der Waals surface area (Å²) in [6.45, 7) is 2.62. The van der Waals surface area contributed by atoms with E-state index in [1.165, 1.54) is 6.07 Å². The summed E-state index contributed by atoms with van der Waals surface area (Å²) in [7, 11) is 0. The molecular formula is C16H21ClF2N2O2. The van der Waals surface area contributed by atoms with E-state index in [2.05, 4.69) is 0 Å². The highest BCUT2D eigenvalue weighted by Crippen LogP contribution is 2.33. The van der Waals surface area contributed by atoms with Gasteiger partial charge in [-0.3, -0.25) is 4.79 Å². The number of nitrogens with two attached hydrogens (primary N) is 1. The van der Waals surface area contributed by atoms with Crippen molar-refractivity contribution in [2.75, 3.05) is 13.1 Å². The Bertz CT molecular complexity index is 600. The van der Waals surface area contributed by atoms with Crippen molar-refractivity contribution < 1.29 is 18.3 Å². The number of ether oxygens (including phenoxy) is 1. The summed E-state index contributed by atoms with van der Waals surface area (Å²) in [5.74, 6) is -1.26. The molecule has 2 N–H and O–H groups in total. The minimum absolute atomic E-state index is 0. The van der Waals surface area contributed by atoms with Crippen molar-refractivity contribution in [3.63, 3.8) is 0 Å². The van der Waals surface area contributed by atoms with Crippen LogP contribution in [0, 0.1) is 11.6 Å². The van der Waals surface area contributed by atoms with E-state index in [0.29, 0.717) is 37.1 Å². The molecule has 0 radical (unpaired) electrons. The molecule has 0 saturated carbocycles. The van der Waals surface area contributed by atoms with Crippen molar-refractivity contribution in [3.05, 3.63) is 34.9 Å². The molecule has 1 unspecified atom stereocenters. The van der Waals surface area contributed by atoms with Crippen LogP contribution in [-0.2, 0) is 16.0 Å². The van der Waals surface area contributed by atoms with E-state index >= 15 is 0 Å². The van der Waals surface area contributed by atoms with Gasteiger partial charge in [0.15, 0.2) is 0 Å². The van der Waals surface area contributed by atoms with Crippen LogP contribution in [0.1, 0.15) is 36.9 Å². The van der Waals surface area contributed by atoms with Gasteiger partial charge in [0.2, 0.25) is 0 Å².